The Hall–Kier alpha value is -0.140. The van der Waals surface area contributed by atoms with Gasteiger partial charge < -0.3 is 0 Å². The highest BCUT2D eigenvalue weighted by Crippen LogP contribution is 2.31. The van der Waals surface area contributed by atoms with Gasteiger partial charge in [-0.3, -0.25) is 4.90 Å². The van der Waals surface area contributed by atoms with E-state index in [0.717, 1.165) is 29.3 Å². The molecular formula is C13H19ClN2O2S2. The van der Waals surface area contributed by atoms with Crippen LogP contribution in [0.5, 0.6) is 0 Å². The zero-order chi connectivity index (χ0) is 14.3. The molecule has 2 aliphatic heterocycles. The van der Waals surface area contributed by atoms with Crippen molar-refractivity contribution in [1.29, 1.82) is 0 Å². The molecule has 0 amide bonds. The minimum absolute atomic E-state index is 0.372. The summed E-state index contributed by atoms with van der Waals surface area (Å²) in [6.45, 7) is 5.07. The third-order valence-electron chi connectivity index (χ3n) is 4.22. The van der Waals surface area contributed by atoms with Crippen LogP contribution in [0.1, 0.15) is 22.6 Å². The summed E-state index contributed by atoms with van der Waals surface area (Å²) >= 11 is 7.29. The summed E-state index contributed by atoms with van der Waals surface area (Å²) in [5.74, 6) is 0.372. The molecule has 7 heteroatoms. The third-order valence-corrected chi connectivity index (χ3v) is 7.84. The van der Waals surface area contributed by atoms with Crippen molar-refractivity contribution < 1.29 is 8.42 Å². The van der Waals surface area contributed by atoms with Gasteiger partial charge in [0.05, 0.1) is 10.8 Å². The summed E-state index contributed by atoms with van der Waals surface area (Å²) in [6, 6.07) is 2.15. The number of aryl methyl sites for hydroxylation is 1. The third kappa shape index (κ3) is 2.52. The lowest BCUT2D eigenvalue weighted by Crippen LogP contribution is -2.51. The highest BCUT2D eigenvalue weighted by Gasteiger charge is 2.37. The van der Waals surface area contributed by atoms with Crippen LogP contribution in [0.15, 0.2) is 11.0 Å². The Kier molecular flexibility index (Phi) is 4.12. The maximum atomic E-state index is 12.8. The predicted molar refractivity (Wildman–Crippen MR) is 82.0 cm³/mol. The van der Waals surface area contributed by atoms with E-state index < -0.39 is 10.0 Å². The molecule has 1 aromatic rings. The van der Waals surface area contributed by atoms with Gasteiger partial charge in [-0.05, 0) is 32.4 Å². The number of hydrogen-bond acceptors (Lipinski definition) is 4. The van der Waals surface area contributed by atoms with E-state index >= 15 is 0 Å². The summed E-state index contributed by atoms with van der Waals surface area (Å²) in [7, 11) is -3.36. The molecule has 112 valence electrons. The van der Waals surface area contributed by atoms with Gasteiger partial charge in [-0.2, -0.15) is 4.31 Å². The second kappa shape index (κ2) is 5.57. The first kappa shape index (κ1) is 14.8. The molecule has 1 atom stereocenters. The van der Waals surface area contributed by atoms with Gasteiger partial charge in [0.15, 0.2) is 0 Å². The van der Waals surface area contributed by atoms with Crippen molar-refractivity contribution in [2.45, 2.75) is 36.6 Å². The summed E-state index contributed by atoms with van der Waals surface area (Å²) < 4.78 is 27.3. The number of alkyl halides is 1. The van der Waals surface area contributed by atoms with Gasteiger partial charge in [0.2, 0.25) is 10.0 Å². The van der Waals surface area contributed by atoms with Crippen LogP contribution in [0.3, 0.4) is 0 Å². The van der Waals surface area contributed by atoms with Gasteiger partial charge in [-0.15, -0.1) is 22.9 Å². The monoisotopic (exact) mass is 334 g/mol. The molecule has 1 unspecified atom stereocenters. The molecule has 3 heterocycles. The fourth-order valence-corrected chi connectivity index (χ4v) is 6.33. The molecule has 0 aliphatic carbocycles. The van der Waals surface area contributed by atoms with E-state index in [2.05, 4.69) is 4.90 Å². The predicted octanol–water partition coefficient (Wildman–Crippen LogP) is 2.26. The number of rotatable bonds is 3. The van der Waals surface area contributed by atoms with Crippen LogP contribution < -0.4 is 0 Å². The van der Waals surface area contributed by atoms with Crippen molar-refractivity contribution in [1.82, 2.24) is 9.21 Å². The summed E-state index contributed by atoms with van der Waals surface area (Å²) in [5, 5.41) is 0. The van der Waals surface area contributed by atoms with Crippen LogP contribution in [-0.4, -0.2) is 49.8 Å². The molecule has 20 heavy (non-hydrogen) atoms. The van der Waals surface area contributed by atoms with Gasteiger partial charge in [0, 0.05) is 35.4 Å². The maximum Gasteiger partial charge on any atom is 0.244 e. The molecule has 2 saturated heterocycles. The van der Waals surface area contributed by atoms with E-state index in [9.17, 15) is 8.42 Å². The molecule has 1 aromatic heterocycles. The SMILES string of the molecule is Cc1sc(CCl)cc1S(=O)(=O)N1CCN2CCCC2C1. The zero-order valence-electron chi connectivity index (χ0n) is 11.5. The maximum absolute atomic E-state index is 12.8. The topological polar surface area (TPSA) is 40.6 Å². The Morgan fingerprint density at radius 3 is 2.90 bits per heavy atom. The van der Waals surface area contributed by atoms with Gasteiger partial charge in [0.1, 0.15) is 0 Å². The van der Waals surface area contributed by atoms with Crippen molar-refractivity contribution >= 4 is 33.0 Å². The summed E-state index contributed by atoms with van der Waals surface area (Å²) in [6.07, 6.45) is 2.30. The van der Waals surface area contributed by atoms with Gasteiger partial charge in [-0.25, -0.2) is 8.42 Å². The number of hydrogen-bond donors (Lipinski definition) is 0. The molecule has 0 spiro atoms. The molecule has 2 fully saturated rings. The number of halogens is 1. The molecule has 0 bridgehead atoms. The van der Waals surface area contributed by atoms with Crippen molar-refractivity contribution in [2.24, 2.45) is 0 Å². The van der Waals surface area contributed by atoms with E-state index in [1.165, 1.54) is 17.8 Å². The summed E-state index contributed by atoms with van der Waals surface area (Å²) in [4.78, 5) is 4.62. The Bertz CT molecular complexity index is 600. The zero-order valence-corrected chi connectivity index (χ0v) is 13.9. The van der Waals surface area contributed by atoms with Crippen LogP contribution in [0.25, 0.3) is 0 Å². The molecule has 0 saturated carbocycles. The number of sulfonamides is 1. The lowest BCUT2D eigenvalue weighted by atomic mass is 10.2. The van der Waals surface area contributed by atoms with E-state index in [-0.39, 0.29) is 0 Å². The quantitative estimate of drug-likeness (QED) is 0.796. The number of fused-ring (bicyclic) bond motifs is 1. The van der Waals surface area contributed by atoms with Crippen molar-refractivity contribution in [3.63, 3.8) is 0 Å². The average molecular weight is 335 g/mol. The molecule has 4 nitrogen and oxygen atoms in total. The van der Waals surface area contributed by atoms with Gasteiger partial charge in [0.25, 0.3) is 0 Å². The van der Waals surface area contributed by atoms with E-state index in [1.54, 1.807) is 10.4 Å². The second-order valence-electron chi connectivity index (χ2n) is 5.46. The minimum Gasteiger partial charge on any atom is -0.298 e. The number of thiophene rings is 1. The van der Waals surface area contributed by atoms with Crippen molar-refractivity contribution in [3.05, 3.63) is 15.8 Å². The van der Waals surface area contributed by atoms with Crippen LogP contribution >= 0.6 is 22.9 Å². The number of piperazine rings is 1. The Morgan fingerprint density at radius 1 is 1.40 bits per heavy atom. The fourth-order valence-electron chi connectivity index (χ4n) is 3.17. The highest BCUT2D eigenvalue weighted by molar-refractivity contribution is 7.89. The first-order chi connectivity index (χ1) is 9.52. The lowest BCUT2D eigenvalue weighted by Gasteiger charge is -2.36. The van der Waals surface area contributed by atoms with Gasteiger partial charge in [-0.1, -0.05) is 0 Å². The largest absolute Gasteiger partial charge is 0.298 e. The standard InChI is InChI=1S/C13H19ClN2O2S2/c1-10-13(7-12(8-14)19-10)20(17,18)16-6-5-15-4-2-3-11(15)9-16/h7,11H,2-6,8-9H2,1H3. The molecule has 0 N–H and O–H groups in total. The lowest BCUT2D eigenvalue weighted by molar-refractivity contribution is 0.158. The Labute approximate surface area is 129 Å². The van der Waals surface area contributed by atoms with E-state index in [0.29, 0.717) is 29.9 Å². The van der Waals surface area contributed by atoms with Crippen LogP contribution in [-0.2, 0) is 15.9 Å². The summed E-state index contributed by atoms with van der Waals surface area (Å²) in [5.41, 5.74) is 0. The normalized spacial score (nSPS) is 25.0. The van der Waals surface area contributed by atoms with Crippen LogP contribution in [0, 0.1) is 6.92 Å². The molecule has 0 radical (unpaired) electrons. The first-order valence-corrected chi connectivity index (χ1v) is 9.71. The molecular weight excluding hydrogens is 316 g/mol. The second-order valence-corrected chi connectivity index (χ2v) is 8.98. The number of nitrogens with zero attached hydrogens (tertiary/aromatic N) is 2. The van der Waals surface area contributed by atoms with Crippen molar-refractivity contribution in [3.8, 4) is 0 Å². The first-order valence-electron chi connectivity index (χ1n) is 6.92. The highest BCUT2D eigenvalue weighted by atomic mass is 35.5. The Balaban J connectivity index is 1.86. The molecule has 3 rings (SSSR count). The smallest absolute Gasteiger partial charge is 0.244 e. The van der Waals surface area contributed by atoms with Crippen LogP contribution in [0.4, 0.5) is 0 Å². The Morgan fingerprint density at radius 2 is 2.20 bits per heavy atom. The molecule has 2 aliphatic rings. The van der Waals surface area contributed by atoms with E-state index in [1.807, 2.05) is 6.92 Å². The fraction of sp³-hybridized carbons (Fsp3) is 0.692. The molecule has 0 aromatic carbocycles. The van der Waals surface area contributed by atoms with Crippen LogP contribution in [0.2, 0.25) is 0 Å². The van der Waals surface area contributed by atoms with Gasteiger partial charge >= 0.3 is 0 Å². The van der Waals surface area contributed by atoms with Crippen molar-refractivity contribution in [2.75, 3.05) is 26.2 Å². The average Bonchev–Trinajstić information content (AvgIpc) is 3.03. The minimum atomic E-state index is -3.36. The van der Waals surface area contributed by atoms with E-state index in [4.69, 9.17) is 11.6 Å².